The number of rotatable bonds is 14. The van der Waals surface area contributed by atoms with Crippen molar-refractivity contribution in [1.82, 2.24) is 15.6 Å². The summed E-state index contributed by atoms with van der Waals surface area (Å²) in [5.41, 5.74) is 1.03. The summed E-state index contributed by atoms with van der Waals surface area (Å²) in [7, 11) is -1.09. The first-order chi connectivity index (χ1) is 18.4. The lowest BCUT2D eigenvalue weighted by Gasteiger charge is -2.15. The topological polar surface area (TPSA) is 156 Å². The van der Waals surface area contributed by atoms with Gasteiger partial charge in [-0.15, -0.1) is 11.3 Å². The van der Waals surface area contributed by atoms with Crippen molar-refractivity contribution in [2.45, 2.75) is 32.2 Å². The summed E-state index contributed by atoms with van der Waals surface area (Å²) >= 11 is 1.30. The molecular weight excluding hydrogens is 539 g/mol. The first-order valence-electron chi connectivity index (χ1n) is 12.0. The average molecular weight is 569 g/mol. The summed E-state index contributed by atoms with van der Waals surface area (Å²) in [5, 5.41) is 10.2. The highest BCUT2D eigenvalue weighted by Gasteiger charge is 2.25. The molecule has 0 aliphatic carbocycles. The minimum Gasteiger partial charge on any atom is -0.489 e. The maximum absolute atomic E-state index is 13.1. The molecule has 15 heteroatoms. The molecular formula is C23H29N4O9PS. The van der Waals surface area contributed by atoms with Gasteiger partial charge in [0.05, 0.1) is 38.2 Å². The summed E-state index contributed by atoms with van der Waals surface area (Å²) in [6.45, 7) is 5.73. The third kappa shape index (κ3) is 8.15. The number of anilines is 1. The number of hydrogen-bond acceptors (Lipinski definition) is 11. The van der Waals surface area contributed by atoms with Crippen molar-refractivity contribution >= 4 is 42.9 Å². The molecule has 0 bridgehead atoms. The number of nitrogens with zero attached hydrogens (tertiary/aromatic N) is 1. The molecule has 0 radical (unpaired) electrons. The van der Waals surface area contributed by atoms with Gasteiger partial charge in [0.2, 0.25) is 0 Å². The number of thiazole rings is 1. The Hall–Kier alpha value is -3.19. The Balaban J connectivity index is 1.43. The largest absolute Gasteiger partial charge is 0.489 e. The van der Waals surface area contributed by atoms with Gasteiger partial charge in [-0.3, -0.25) is 10.1 Å². The molecule has 2 aromatic rings. The summed E-state index contributed by atoms with van der Waals surface area (Å²) in [5.74, 6) is 0.271. The molecule has 2 unspecified atom stereocenters. The van der Waals surface area contributed by atoms with Crippen LogP contribution in [-0.4, -0.2) is 74.8 Å². The summed E-state index contributed by atoms with van der Waals surface area (Å²) < 4.78 is 33.0. The molecule has 0 saturated carbocycles. The summed E-state index contributed by atoms with van der Waals surface area (Å²) in [6.07, 6.45) is -1.41. The van der Waals surface area contributed by atoms with Crippen LogP contribution in [0.2, 0.25) is 0 Å². The molecule has 2 atom stereocenters. The fraction of sp³-hybridized carbons (Fsp3) is 0.478. The standard InChI is InChI=1S/C23H29N4O9PS/c1-3-33-37(34-4-2)12-15-13-38-21(26-15)27-20(28)14-5-16(31-10-18-8-24-22(29)35-18)7-17(6-14)32-11-19-9-25-23(30)36-19/h5-7,13,18-19H,3-4,8-12H2,1-2H3,(H,24,29)(H,25,30)(H,26,27,28). The Labute approximate surface area is 224 Å². The molecule has 2 fully saturated rings. The molecule has 2 aliphatic rings. The van der Waals surface area contributed by atoms with Crippen molar-refractivity contribution in [3.05, 3.63) is 34.8 Å². The summed E-state index contributed by atoms with van der Waals surface area (Å²) in [6, 6.07) is 4.72. The summed E-state index contributed by atoms with van der Waals surface area (Å²) in [4.78, 5) is 40.1. The molecule has 1 aromatic heterocycles. The maximum atomic E-state index is 13.1. The molecule has 0 spiro atoms. The van der Waals surface area contributed by atoms with Gasteiger partial charge >= 0.3 is 12.2 Å². The zero-order valence-electron chi connectivity index (χ0n) is 20.9. The predicted molar refractivity (Wildman–Crippen MR) is 138 cm³/mol. The maximum Gasteiger partial charge on any atom is 0.407 e. The number of alkyl carbamates (subject to hydrolysis) is 2. The Bertz CT molecular complexity index is 1080. The zero-order chi connectivity index (χ0) is 26.9. The molecule has 38 heavy (non-hydrogen) atoms. The second kappa shape index (κ2) is 13.6. The van der Waals surface area contributed by atoms with E-state index < -0.39 is 38.7 Å². The molecule has 3 heterocycles. The molecule has 1 aromatic carbocycles. The molecule has 206 valence electrons. The number of ether oxygens (including phenoxy) is 4. The van der Waals surface area contributed by atoms with Gasteiger partial charge in [-0.25, -0.2) is 14.6 Å². The first-order valence-corrected chi connectivity index (χ1v) is 14.2. The number of carbonyl (C=O) groups excluding carboxylic acids is 3. The Kier molecular flexibility index (Phi) is 9.93. The second-order valence-electron chi connectivity index (χ2n) is 8.06. The van der Waals surface area contributed by atoms with Crippen LogP contribution in [0.25, 0.3) is 0 Å². The third-order valence-corrected chi connectivity index (χ3v) is 7.60. The van der Waals surface area contributed by atoms with Gasteiger partial charge in [-0.2, -0.15) is 0 Å². The highest BCUT2D eigenvalue weighted by Crippen LogP contribution is 2.42. The van der Waals surface area contributed by atoms with Crippen LogP contribution in [-0.2, 0) is 24.7 Å². The van der Waals surface area contributed by atoms with E-state index in [0.29, 0.717) is 49.1 Å². The Morgan fingerprint density at radius 1 is 1.03 bits per heavy atom. The third-order valence-electron chi connectivity index (χ3n) is 5.12. The van der Waals surface area contributed by atoms with E-state index in [-0.39, 0.29) is 18.8 Å². The van der Waals surface area contributed by atoms with Crippen molar-refractivity contribution in [3.8, 4) is 11.5 Å². The van der Waals surface area contributed by atoms with Gasteiger partial charge in [0.1, 0.15) is 24.7 Å². The van der Waals surface area contributed by atoms with Gasteiger partial charge in [0, 0.05) is 17.0 Å². The van der Waals surface area contributed by atoms with Crippen molar-refractivity contribution in [2.75, 3.05) is 44.8 Å². The van der Waals surface area contributed by atoms with E-state index in [2.05, 4.69) is 20.9 Å². The fourth-order valence-corrected chi connectivity index (χ4v) is 5.54. The SMILES string of the molecule is CCOP(Cc1csc(NC(=O)c2cc(OCC3CNC(=O)O3)cc(OCC3CNC(=O)O3)c2)n1)OCC. The molecule has 4 rings (SSSR count). The number of amides is 3. The fourth-order valence-electron chi connectivity index (χ4n) is 3.45. The molecule has 3 N–H and O–H groups in total. The minimum atomic E-state index is -1.09. The van der Waals surface area contributed by atoms with Crippen molar-refractivity contribution in [1.29, 1.82) is 0 Å². The van der Waals surface area contributed by atoms with Gasteiger partial charge in [-0.1, -0.05) is 0 Å². The average Bonchev–Trinajstić information content (AvgIpc) is 3.63. The van der Waals surface area contributed by atoms with E-state index in [0.717, 1.165) is 5.69 Å². The van der Waals surface area contributed by atoms with E-state index in [1.807, 2.05) is 19.2 Å². The van der Waals surface area contributed by atoms with Gasteiger partial charge in [0.25, 0.3) is 5.91 Å². The van der Waals surface area contributed by atoms with Crippen LogP contribution >= 0.6 is 19.7 Å². The van der Waals surface area contributed by atoms with E-state index in [9.17, 15) is 14.4 Å². The van der Waals surface area contributed by atoms with Crippen molar-refractivity contribution in [3.63, 3.8) is 0 Å². The number of cyclic esters (lactones) is 2. The number of benzene rings is 1. The van der Waals surface area contributed by atoms with Crippen LogP contribution in [0.3, 0.4) is 0 Å². The van der Waals surface area contributed by atoms with E-state index in [1.54, 1.807) is 18.2 Å². The predicted octanol–water partition coefficient (Wildman–Crippen LogP) is 3.25. The molecule has 3 amide bonds. The molecule has 13 nitrogen and oxygen atoms in total. The number of carbonyl (C=O) groups is 3. The number of aromatic nitrogens is 1. The highest BCUT2D eigenvalue weighted by molar-refractivity contribution is 7.46. The van der Waals surface area contributed by atoms with Crippen molar-refractivity contribution < 1.29 is 42.4 Å². The normalized spacial score (nSPS) is 18.5. The molecule has 2 saturated heterocycles. The zero-order valence-corrected chi connectivity index (χ0v) is 22.6. The monoisotopic (exact) mass is 568 g/mol. The van der Waals surface area contributed by atoms with Gasteiger partial charge in [-0.05, 0) is 26.0 Å². The van der Waals surface area contributed by atoms with E-state index >= 15 is 0 Å². The smallest absolute Gasteiger partial charge is 0.407 e. The minimum absolute atomic E-state index is 0.0892. The lowest BCUT2D eigenvalue weighted by Crippen LogP contribution is -2.23. The lowest BCUT2D eigenvalue weighted by molar-refractivity contribution is 0.101. The molecule has 2 aliphatic heterocycles. The van der Waals surface area contributed by atoms with Crippen LogP contribution in [0.5, 0.6) is 11.5 Å². The lowest BCUT2D eigenvalue weighted by atomic mass is 10.2. The van der Waals surface area contributed by atoms with Crippen molar-refractivity contribution in [2.24, 2.45) is 0 Å². The van der Waals surface area contributed by atoms with Gasteiger partial charge in [0.15, 0.2) is 25.7 Å². The Morgan fingerprint density at radius 3 is 2.11 bits per heavy atom. The second-order valence-corrected chi connectivity index (χ2v) is 10.4. The van der Waals surface area contributed by atoms with E-state index in [1.165, 1.54) is 11.3 Å². The van der Waals surface area contributed by atoms with E-state index in [4.69, 9.17) is 28.0 Å². The van der Waals surface area contributed by atoms with Crippen LogP contribution in [0.4, 0.5) is 14.7 Å². The first kappa shape index (κ1) is 27.8. The number of nitrogens with one attached hydrogen (secondary N) is 3. The quantitative estimate of drug-likeness (QED) is 0.289. The van der Waals surface area contributed by atoms with Crippen LogP contribution in [0.15, 0.2) is 23.6 Å². The van der Waals surface area contributed by atoms with Crippen LogP contribution in [0.1, 0.15) is 29.9 Å². The number of hydrogen-bond donors (Lipinski definition) is 3. The van der Waals surface area contributed by atoms with Crippen LogP contribution < -0.4 is 25.4 Å². The highest BCUT2D eigenvalue weighted by atomic mass is 32.1. The van der Waals surface area contributed by atoms with Gasteiger partial charge < -0.3 is 38.6 Å². The van der Waals surface area contributed by atoms with Crippen LogP contribution in [0, 0.1) is 0 Å². The Morgan fingerprint density at radius 2 is 1.61 bits per heavy atom.